The van der Waals surface area contributed by atoms with Gasteiger partial charge in [-0.15, -0.1) is 0 Å². The van der Waals surface area contributed by atoms with Crippen LogP contribution in [-0.4, -0.2) is 19.0 Å². The summed E-state index contributed by atoms with van der Waals surface area (Å²) in [6.45, 7) is 3.80. The van der Waals surface area contributed by atoms with Gasteiger partial charge in [-0.2, -0.15) is 0 Å². The van der Waals surface area contributed by atoms with Crippen molar-refractivity contribution < 1.29 is 23.5 Å². The summed E-state index contributed by atoms with van der Waals surface area (Å²) in [6, 6.07) is 8.01. The number of benzene rings is 2. The predicted octanol–water partition coefficient (Wildman–Crippen LogP) is 4.64. The Hall–Kier alpha value is -2.79. The second-order valence-corrected chi connectivity index (χ2v) is 6.31. The molecule has 0 spiro atoms. The van der Waals surface area contributed by atoms with Crippen LogP contribution in [0.3, 0.4) is 0 Å². The van der Waals surface area contributed by atoms with E-state index >= 15 is 0 Å². The fourth-order valence-corrected chi connectivity index (χ4v) is 2.99. The van der Waals surface area contributed by atoms with Crippen LogP contribution in [0.15, 0.2) is 41.0 Å². The van der Waals surface area contributed by atoms with Crippen LogP contribution < -0.4 is 4.74 Å². The molecule has 0 aliphatic heterocycles. The van der Waals surface area contributed by atoms with Crippen molar-refractivity contribution in [3.63, 3.8) is 0 Å². The number of ether oxygens (including phenoxy) is 2. The van der Waals surface area contributed by atoms with E-state index in [2.05, 4.69) is 4.74 Å². The van der Waals surface area contributed by atoms with Crippen LogP contribution in [0.1, 0.15) is 27.0 Å². The number of rotatable bonds is 4. The van der Waals surface area contributed by atoms with Gasteiger partial charge >= 0.3 is 11.9 Å². The second kappa shape index (κ2) is 7.22. The van der Waals surface area contributed by atoms with Gasteiger partial charge < -0.3 is 13.9 Å². The maximum Gasteiger partial charge on any atom is 0.337 e. The Morgan fingerprint density at radius 2 is 1.85 bits per heavy atom. The van der Waals surface area contributed by atoms with E-state index in [9.17, 15) is 9.59 Å². The third-order valence-corrected chi connectivity index (χ3v) is 4.72. The molecular formula is C20H17ClO5. The number of methoxy groups -OCH3 is 1. The van der Waals surface area contributed by atoms with E-state index in [4.69, 9.17) is 20.8 Å². The molecule has 3 rings (SSSR count). The molecule has 3 aromatic rings. The molecule has 5 nitrogen and oxygen atoms in total. The first-order chi connectivity index (χ1) is 12.4. The van der Waals surface area contributed by atoms with Crippen molar-refractivity contribution in [1.82, 2.24) is 0 Å². The van der Waals surface area contributed by atoms with Crippen LogP contribution >= 0.6 is 11.6 Å². The van der Waals surface area contributed by atoms with Crippen molar-refractivity contribution in [2.24, 2.45) is 0 Å². The summed E-state index contributed by atoms with van der Waals surface area (Å²) in [4.78, 5) is 23.7. The largest absolute Gasteiger partial charge is 0.465 e. The average molecular weight is 373 g/mol. The summed E-state index contributed by atoms with van der Waals surface area (Å²) in [5, 5.41) is 1.49. The van der Waals surface area contributed by atoms with Crippen molar-refractivity contribution in [3.8, 4) is 5.75 Å². The number of carbonyl (C=O) groups is 2. The van der Waals surface area contributed by atoms with Crippen LogP contribution in [0.5, 0.6) is 5.75 Å². The van der Waals surface area contributed by atoms with E-state index < -0.39 is 11.9 Å². The summed E-state index contributed by atoms with van der Waals surface area (Å²) in [5.74, 6) is -0.536. The van der Waals surface area contributed by atoms with Gasteiger partial charge in [0.15, 0.2) is 0 Å². The van der Waals surface area contributed by atoms with Gasteiger partial charge in [0.25, 0.3) is 0 Å². The van der Waals surface area contributed by atoms with Crippen molar-refractivity contribution in [1.29, 1.82) is 0 Å². The molecule has 0 atom stereocenters. The Morgan fingerprint density at radius 1 is 1.15 bits per heavy atom. The van der Waals surface area contributed by atoms with E-state index in [-0.39, 0.29) is 6.42 Å². The quantitative estimate of drug-likeness (QED) is 0.493. The van der Waals surface area contributed by atoms with Crippen LogP contribution in [0.4, 0.5) is 0 Å². The summed E-state index contributed by atoms with van der Waals surface area (Å²) >= 11 is 6.31. The van der Waals surface area contributed by atoms with Crippen LogP contribution in [-0.2, 0) is 16.0 Å². The highest BCUT2D eigenvalue weighted by Gasteiger charge is 2.17. The molecule has 0 saturated carbocycles. The molecule has 134 valence electrons. The lowest BCUT2D eigenvalue weighted by atomic mass is 10.0. The van der Waals surface area contributed by atoms with Gasteiger partial charge in [-0.25, -0.2) is 4.79 Å². The SMILES string of the molecule is COC(=O)c1ccc(OC(=O)Cc2coc3cc(C)c(Cl)c(C)c23)cc1. The maximum atomic E-state index is 12.3. The predicted molar refractivity (Wildman–Crippen MR) is 97.8 cm³/mol. The standard InChI is InChI=1S/C20H17ClO5/c1-11-8-16-18(12(2)19(11)21)14(10-25-16)9-17(22)26-15-6-4-13(5-7-15)20(23)24-3/h4-8,10H,9H2,1-3H3. The zero-order chi connectivity index (χ0) is 18.8. The summed E-state index contributed by atoms with van der Waals surface area (Å²) in [7, 11) is 1.31. The number of hydrogen-bond donors (Lipinski definition) is 0. The number of carbonyl (C=O) groups excluding carboxylic acids is 2. The van der Waals surface area contributed by atoms with E-state index in [1.165, 1.54) is 19.2 Å². The van der Waals surface area contributed by atoms with E-state index in [0.717, 1.165) is 22.1 Å². The third kappa shape index (κ3) is 3.44. The van der Waals surface area contributed by atoms with Gasteiger partial charge in [0.05, 0.1) is 25.4 Å². The first-order valence-corrected chi connectivity index (χ1v) is 8.33. The van der Waals surface area contributed by atoms with Gasteiger partial charge in [0.1, 0.15) is 11.3 Å². The van der Waals surface area contributed by atoms with E-state index in [0.29, 0.717) is 21.9 Å². The van der Waals surface area contributed by atoms with Crippen LogP contribution in [0.25, 0.3) is 11.0 Å². The summed E-state index contributed by atoms with van der Waals surface area (Å²) in [5.41, 5.74) is 3.59. The summed E-state index contributed by atoms with van der Waals surface area (Å²) in [6.07, 6.45) is 1.60. The number of aryl methyl sites for hydroxylation is 2. The zero-order valence-electron chi connectivity index (χ0n) is 14.6. The number of halogens is 1. The minimum atomic E-state index is -0.449. The molecule has 26 heavy (non-hydrogen) atoms. The Kier molecular flexibility index (Phi) is 5.00. The second-order valence-electron chi connectivity index (χ2n) is 5.93. The van der Waals surface area contributed by atoms with Crippen molar-refractivity contribution >= 4 is 34.5 Å². The van der Waals surface area contributed by atoms with Crippen molar-refractivity contribution in [3.05, 3.63) is 63.9 Å². The van der Waals surface area contributed by atoms with Gasteiger partial charge in [-0.3, -0.25) is 4.79 Å². The Bertz CT molecular complexity index is 986. The number of furan rings is 1. The fraction of sp³-hybridized carbons (Fsp3) is 0.200. The molecule has 0 unspecified atom stereocenters. The minimum absolute atomic E-state index is 0.0476. The molecule has 2 aromatic carbocycles. The lowest BCUT2D eigenvalue weighted by Crippen LogP contribution is -2.11. The first kappa shape index (κ1) is 18.0. The number of fused-ring (bicyclic) bond motifs is 1. The lowest BCUT2D eigenvalue weighted by molar-refractivity contribution is -0.133. The van der Waals surface area contributed by atoms with E-state index in [1.807, 2.05) is 19.9 Å². The van der Waals surface area contributed by atoms with Crippen LogP contribution in [0, 0.1) is 13.8 Å². The minimum Gasteiger partial charge on any atom is -0.465 e. The highest BCUT2D eigenvalue weighted by Crippen LogP contribution is 2.32. The molecule has 1 aromatic heterocycles. The molecule has 6 heteroatoms. The molecule has 0 saturated heterocycles. The monoisotopic (exact) mass is 372 g/mol. The maximum absolute atomic E-state index is 12.3. The first-order valence-electron chi connectivity index (χ1n) is 7.95. The van der Waals surface area contributed by atoms with Gasteiger partial charge in [-0.05, 0) is 55.3 Å². The topological polar surface area (TPSA) is 65.7 Å². The normalized spacial score (nSPS) is 10.8. The van der Waals surface area contributed by atoms with Crippen LogP contribution in [0.2, 0.25) is 5.02 Å². The van der Waals surface area contributed by atoms with Crippen molar-refractivity contribution in [2.75, 3.05) is 7.11 Å². The van der Waals surface area contributed by atoms with Gasteiger partial charge in [0.2, 0.25) is 0 Å². The molecule has 0 N–H and O–H groups in total. The molecular weight excluding hydrogens is 356 g/mol. The molecule has 0 radical (unpaired) electrons. The molecule has 0 amide bonds. The smallest absolute Gasteiger partial charge is 0.337 e. The van der Waals surface area contributed by atoms with Gasteiger partial charge in [0, 0.05) is 16.0 Å². The Labute approximate surface area is 155 Å². The molecule has 0 bridgehead atoms. The third-order valence-electron chi connectivity index (χ3n) is 4.14. The molecule has 0 fully saturated rings. The lowest BCUT2D eigenvalue weighted by Gasteiger charge is -2.07. The summed E-state index contributed by atoms with van der Waals surface area (Å²) < 4.78 is 15.5. The van der Waals surface area contributed by atoms with Crippen molar-refractivity contribution in [2.45, 2.75) is 20.3 Å². The molecule has 0 aliphatic carbocycles. The highest BCUT2D eigenvalue weighted by molar-refractivity contribution is 6.33. The Morgan fingerprint density at radius 3 is 2.50 bits per heavy atom. The van der Waals surface area contributed by atoms with E-state index in [1.54, 1.807) is 18.4 Å². The Balaban J connectivity index is 1.77. The highest BCUT2D eigenvalue weighted by atomic mass is 35.5. The average Bonchev–Trinajstić information content (AvgIpc) is 3.02. The fourth-order valence-electron chi connectivity index (χ4n) is 2.84. The molecule has 0 aliphatic rings. The molecule has 1 heterocycles. The zero-order valence-corrected chi connectivity index (χ0v) is 15.3. The van der Waals surface area contributed by atoms with Gasteiger partial charge in [-0.1, -0.05) is 11.6 Å². The number of hydrogen-bond acceptors (Lipinski definition) is 5. The number of esters is 2.